The second-order valence-corrected chi connectivity index (χ2v) is 9.89. The van der Waals surface area contributed by atoms with E-state index in [1.54, 1.807) is 0 Å². The molecule has 8 heteroatoms. The summed E-state index contributed by atoms with van der Waals surface area (Å²) < 4.78 is 27.3. The number of likely N-dealkylation sites (tertiary alicyclic amines) is 1. The van der Waals surface area contributed by atoms with Crippen LogP contribution in [0.25, 0.3) is 0 Å². The quantitative estimate of drug-likeness (QED) is 0.251. The van der Waals surface area contributed by atoms with E-state index in [2.05, 4.69) is 16.5 Å². The van der Waals surface area contributed by atoms with Gasteiger partial charge >= 0.3 is 0 Å². The summed E-state index contributed by atoms with van der Waals surface area (Å²) in [5, 5.41) is 9.02. The van der Waals surface area contributed by atoms with Crippen molar-refractivity contribution in [3.05, 3.63) is 69.8 Å². The molecule has 0 unspecified atom stereocenters. The summed E-state index contributed by atoms with van der Waals surface area (Å²) in [4.78, 5) is 19.9. The summed E-state index contributed by atoms with van der Waals surface area (Å²) in [5.74, 6) is 3.62. The first-order chi connectivity index (χ1) is 17.2. The second kappa shape index (κ2) is 10.8. The van der Waals surface area contributed by atoms with Gasteiger partial charge in [-0.1, -0.05) is 25.1 Å². The van der Waals surface area contributed by atoms with Crippen LogP contribution in [0.5, 0.6) is 0 Å². The summed E-state index contributed by atoms with van der Waals surface area (Å²) in [6.45, 7) is 5.38. The number of benzene rings is 2. The number of halogens is 2. The topological polar surface area (TPSA) is 94.5 Å². The summed E-state index contributed by atoms with van der Waals surface area (Å²) in [6.07, 6.45) is 1.99. The highest BCUT2D eigenvalue weighted by molar-refractivity contribution is 5.96. The van der Waals surface area contributed by atoms with Gasteiger partial charge < -0.3 is 10.3 Å². The van der Waals surface area contributed by atoms with Gasteiger partial charge in [0.25, 0.3) is 5.91 Å². The number of nitrogens with zero attached hydrogens (tertiary/aromatic N) is 3. The average Bonchev–Trinajstić information content (AvgIpc) is 2.88. The molecule has 0 aromatic heterocycles. The Morgan fingerprint density at radius 3 is 2.42 bits per heavy atom. The minimum atomic E-state index is -2.62. The van der Waals surface area contributed by atoms with Crippen LogP contribution in [0.4, 0.5) is 8.78 Å². The van der Waals surface area contributed by atoms with Gasteiger partial charge in [-0.3, -0.25) is 9.79 Å². The highest BCUT2D eigenvalue weighted by Crippen LogP contribution is 2.49. The molecule has 3 N–H and O–H groups in total. The van der Waals surface area contributed by atoms with Crippen molar-refractivity contribution in [2.24, 2.45) is 10.8 Å². The molecule has 36 heavy (non-hydrogen) atoms. The van der Waals surface area contributed by atoms with Gasteiger partial charge in [-0.05, 0) is 72.1 Å². The van der Waals surface area contributed by atoms with Crippen molar-refractivity contribution < 1.29 is 13.6 Å². The van der Waals surface area contributed by atoms with Gasteiger partial charge in [0.2, 0.25) is 5.92 Å². The Hall–Kier alpha value is -3.31. The lowest BCUT2D eigenvalue weighted by atomic mass is 9.74. The van der Waals surface area contributed by atoms with E-state index in [1.165, 1.54) is 5.56 Å². The molecule has 6 nitrogen and oxygen atoms in total. The number of nitrogens with one attached hydrogen (secondary N) is 1. The predicted octanol–water partition coefficient (Wildman–Crippen LogP) is 5.17. The van der Waals surface area contributed by atoms with Crippen LogP contribution >= 0.6 is 0 Å². The molecule has 0 atom stereocenters. The van der Waals surface area contributed by atoms with Crippen LogP contribution in [0, 0.1) is 18.3 Å². The number of hydrogen-bond donors (Lipinski definition) is 2. The number of piperidine rings is 1. The average molecular weight is 494 g/mol. The molecule has 1 amide bonds. The van der Waals surface area contributed by atoms with Crippen LogP contribution < -0.4 is 11.3 Å². The van der Waals surface area contributed by atoms with E-state index in [0.29, 0.717) is 42.4 Å². The summed E-state index contributed by atoms with van der Waals surface area (Å²) in [5.41, 5.74) is 7.48. The standard InChI is InChI=1S/C28H33F2N5O/c1-3-26(34-32)33-17-22-13-24(18(2)12-25(22)23-14-28(29,30)15-23)27(36)35-10-8-21(9-11-35)20-6-4-19(16-31)5-7-20/h4-7,12-13,21,23H,3,8-11,14-15,17,32H2,1-2H3,(H,33,34). The Kier molecular flexibility index (Phi) is 7.70. The third-order valence-corrected chi connectivity index (χ3v) is 7.48. The first-order valence-corrected chi connectivity index (χ1v) is 12.5. The van der Waals surface area contributed by atoms with E-state index in [9.17, 15) is 13.6 Å². The van der Waals surface area contributed by atoms with Crippen molar-refractivity contribution in [2.75, 3.05) is 13.1 Å². The van der Waals surface area contributed by atoms with Crippen molar-refractivity contribution in [1.82, 2.24) is 10.3 Å². The molecule has 2 aliphatic rings. The number of alkyl halides is 2. The highest BCUT2D eigenvalue weighted by Gasteiger charge is 2.46. The van der Waals surface area contributed by atoms with Gasteiger partial charge in [-0.15, -0.1) is 0 Å². The number of nitriles is 1. The normalized spacial score (nSPS) is 18.4. The lowest BCUT2D eigenvalue weighted by Crippen LogP contribution is -2.38. The summed E-state index contributed by atoms with van der Waals surface area (Å²) >= 11 is 0. The van der Waals surface area contributed by atoms with E-state index >= 15 is 0 Å². The maximum Gasteiger partial charge on any atom is 0.254 e. The molecule has 4 rings (SSSR count). The Labute approximate surface area is 211 Å². The molecule has 1 aliphatic carbocycles. The van der Waals surface area contributed by atoms with Crippen molar-refractivity contribution in [1.29, 1.82) is 5.26 Å². The minimum absolute atomic E-state index is 0.0332. The number of aryl methyl sites for hydroxylation is 1. The maximum absolute atomic E-state index is 13.6. The monoisotopic (exact) mass is 493 g/mol. The van der Waals surface area contributed by atoms with Crippen molar-refractivity contribution in [3.8, 4) is 6.07 Å². The molecule has 0 radical (unpaired) electrons. The largest absolute Gasteiger partial charge is 0.339 e. The number of carbonyl (C=O) groups is 1. The molecular weight excluding hydrogens is 460 g/mol. The van der Waals surface area contributed by atoms with Crippen molar-refractivity contribution in [2.45, 2.75) is 70.3 Å². The van der Waals surface area contributed by atoms with E-state index in [4.69, 9.17) is 11.1 Å². The predicted molar refractivity (Wildman–Crippen MR) is 136 cm³/mol. The SMILES string of the molecule is CCC(=NCc1cc(C(=O)N2CCC(c3ccc(C#N)cc3)CC2)c(C)cc1C1CC(F)(F)C1)NN. The number of amides is 1. The number of amidine groups is 1. The molecule has 1 heterocycles. The number of aliphatic imine (C=N–C) groups is 1. The van der Waals surface area contributed by atoms with Gasteiger partial charge in [0.1, 0.15) is 5.84 Å². The minimum Gasteiger partial charge on any atom is -0.339 e. The molecule has 190 valence electrons. The Morgan fingerprint density at radius 1 is 1.19 bits per heavy atom. The fourth-order valence-corrected chi connectivity index (χ4v) is 5.26. The number of rotatable bonds is 6. The van der Waals surface area contributed by atoms with Gasteiger partial charge in [-0.25, -0.2) is 14.6 Å². The number of hydrazine groups is 1. The zero-order chi connectivity index (χ0) is 25.9. The number of hydrogen-bond acceptors (Lipinski definition) is 4. The summed E-state index contributed by atoms with van der Waals surface area (Å²) in [6, 6.07) is 13.6. The Morgan fingerprint density at radius 2 is 1.86 bits per heavy atom. The zero-order valence-corrected chi connectivity index (χ0v) is 20.9. The zero-order valence-electron chi connectivity index (χ0n) is 20.9. The third kappa shape index (κ3) is 5.57. The molecule has 1 saturated heterocycles. The van der Waals surface area contributed by atoms with Crippen LogP contribution in [0.2, 0.25) is 0 Å². The highest BCUT2D eigenvalue weighted by atomic mass is 19.3. The third-order valence-electron chi connectivity index (χ3n) is 7.48. The van der Waals surface area contributed by atoms with Gasteiger partial charge in [0, 0.05) is 37.9 Å². The molecule has 2 aromatic carbocycles. The van der Waals surface area contributed by atoms with Crippen LogP contribution in [0.3, 0.4) is 0 Å². The molecule has 2 fully saturated rings. The van der Waals surface area contributed by atoms with Gasteiger partial charge in [-0.2, -0.15) is 5.26 Å². The number of nitrogens with two attached hydrogens (primary N) is 1. The van der Waals surface area contributed by atoms with Crippen molar-refractivity contribution in [3.63, 3.8) is 0 Å². The Bertz CT molecular complexity index is 1160. The first kappa shape index (κ1) is 25.8. The van der Waals surface area contributed by atoms with E-state index in [-0.39, 0.29) is 31.2 Å². The molecule has 0 bridgehead atoms. The molecule has 2 aromatic rings. The smallest absolute Gasteiger partial charge is 0.254 e. The summed E-state index contributed by atoms with van der Waals surface area (Å²) in [7, 11) is 0. The van der Waals surface area contributed by atoms with E-state index in [1.807, 2.05) is 55.1 Å². The van der Waals surface area contributed by atoms with Gasteiger partial charge in [0.15, 0.2) is 0 Å². The van der Waals surface area contributed by atoms with Crippen LogP contribution in [-0.4, -0.2) is 35.7 Å². The molecule has 1 aliphatic heterocycles. The first-order valence-electron chi connectivity index (χ1n) is 12.5. The second-order valence-electron chi connectivity index (χ2n) is 9.89. The fraction of sp³-hybridized carbons (Fsp3) is 0.464. The van der Waals surface area contributed by atoms with E-state index < -0.39 is 5.92 Å². The molecule has 0 spiro atoms. The van der Waals surface area contributed by atoms with Gasteiger partial charge in [0.05, 0.1) is 18.2 Å². The van der Waals surface area contributed by atoms with Crippen LogP contribution in [0.15, 0.2) is 41.4 Å². The molecule has 1 saturated carbocycles. The molecular formula is C28H33F2N5O. The van der Waals surface area contributed by atoms with E-state index in [0.717, 1.165) is 29.5 Å². The Balaban J connectivity index is 1.52. The van der Waals surface area contributed by atoms with Crippen LogP contribution in [0.1, 0.15) is 89.0 Å². The lowest BCUT2D eigenvalue weighted by molar-refractivity contribution is -0.0869. The maximum atomic E-state index is 13.6. The lowest BCUT2D eigenvalue weighted by Gasteiger charge is -2.37. The fourth-order valence-electron chi connectivity index (χ4n) is 5.26. The number of carbonyl (C=O) groups excluding carboxylic acids is 1. The van der Waals surface area contributed by atoms with Crippen LogP contribution in [-0.2, 0) is 6.54 Å². The van der Waals surface area contributed by atoms with Crippen molar-refractivity contribution >= 4 is 11.7 Å².